The van der Waals surface area contributed by atoms with E-state index in [1.807, 2.05) is 25.2 Å². The summed E-state index contributed by atoms with van der Waals surface area (Å²) in [4.78, 5) is 15.9. The molecule has 0 unspecified atom stereocenters. The van der Waals surface area contributed by atoms with Gasteiger partial charge in [0.15, 0.2) is 11.5 Å². The van der Waals surface area contributed by atoms with Crippen molar-refractivity contribution >= 4 is 5.91 Å². The van der Waals surface area contributed by atoms with Gasteiger partial charge in [-0.2, -0.15) is 13.2 Å². The minimum absolute atomic E-state index is 0.156. The molecular weight excluding hydrogens is 373 g/mol. The number of piperidine rings is 1. The fraction of sp³-hybridized carbons (Fsp3) is 0.650. The van der Waals surface area contributed by atoms with E-state index in [0.29, 0.717) is 24.6 Å². The van der Waals surface area contributed by atoms with Crippen LogP contribution in [0.2, 0.25) is 0 Å². The van der Waals surface area contributed by atoms with Crippen LogP contribution in [0.1, 0.15) is 31.2 Å². The molecular formula is C20H29F3N2O3. The predicted octanol–water partition coefficient (Wildman–Crippen LogP) is 3.51. The fourth-order valence-electron chi connectivity index (χ4n) is 3.47. The molecule has 0 spiro atoms. The van der Waals surface area contributed by atoms with Crippen LogP contribution in [0, 0.1) is 0 Å². The van der Waals surface area contributed by atoms with E-state index in [4.69, 9.17) is 9.47 Å². The molecule has 1 amide bonds. The molecule has 158 valence electrons. The molecule has 1 aromatic rings. The molecule has 0 aromatic heterocycles. The number of nitrogens with zero attached hydrogens (tertiary/aromatic N) is 2. The van der Waals surface area contributed by atoms with E-state index in [0.717, 1.165) is 31.4 Å². The number of hydrogen-bond donors (Lipinski definition) is 0. The van der Waals surface area contributed by atoms with Gasteiger partial charge in [-0.25, -0.2) is 0 Å². The number of carbonyl (C=O) groups excluding carboxylic acids is 1. The highest BCUT2D eigenvalue weighted by Crippen LogP contribution is 2.28. The van der Waals surface area contributed by atoms with E-state index in [9.17, 15) is 18.0 Å². The Balaban J connectivity index is 1.86. The van der Waals surface area contributed by atoms with Crippen molar-refractivity contribution in [3.63, 3.8) is 0 Å². The second-order valence-electron chi connectivity index (χ2n) is 7.17. The first-order valence-electron chi connectivity index (χ1n) is 9.49. The van der Waals surface area contributed by atoms with Gasteiger partial charge in [-0.15, -0.1) is 0 Å². The summed E-state index contributed by atoms with van der Waals surface area (Å²) in [5.41, 5.74) is 1.11. The highest BCUT2D eigenvalue weighted by Gasteiger charge is 2.31. The third-order valence-corrected chi connectivity index (χ3v) is 5.20. The summed E-state index contributed by atoms with van der Waals surface area (Å²) >= 11 is 0. The summed E-state index contributed by atoms with van der Waals surface area (Å²) in [7, 11) is 5.19. The minimum Gasteiger partial charge on any atom is -0.493 e. The summed E-state index contributed by atoms with van der Waals surface area (Å²) in [5, 5.41) is 0. The molecule has 0 aliphatic carbocycles. The summed E-state index contributed by atoms with van der Waals surface area (Å²) in [6.45, 7) is 1.81. The highest BCUT2D eigenvalue weighted by molar-refractivity contribution is 5.76. The Morgan fingerprint density at radius 2 is 1.96 bits per heavy atom. The quantitative estimate of drug-likeness (QED) is 0.667. The number of methoxy groups -OCH3 is 2. The van der Waals surface area contributed by atoms with E-state index in [2.05, 4.69) is 4.90 Å². The third kappa shape index (κ3) is 6.58. The first-order chi connectivity index (χ1) is 13.2. The van der Waals surface area contributed by atoms with Gasteiger partial charge >= 0.3 is 6.18 Å². The van der Waals surface area contributed by atoms with E-state index in [-0.39, 0.29) is 6.04 Å². The SMILES string of the molecule is COc1ccc(CCN(C)[C@H]2CCCN(C(=O)CCC(F)(F)F)C2)cc1OC. The van der Waals surface area contributed by atoms with Crippen molar-refractivity contribution in [3.8, 4) is 11.5 Å². The third-order valence-electron chi connectivity index (χ3n) is 5.20. The van der Waals surface area contributed by atoms with Crippen LogP contribution in [0.4, 0.5) is 13.2 Å². The molecule has 8 heteroatoms. The maximum Gasteiger partial charge on any atom is 0.389 e. The second-order valence-corrected chi connectivity index (χ2v) is 7.17. The zero-order chi connectivity index (χ0) is 20.7. The first-order valence-corrected chi connectivity index (χ1v) is 9.49. The van der Waals surface area contributed by atoms with Gasteiger partial charge in [0.2, 0.25) is 5.91 Å². The van der Waals surface area contributed by atoms with Crippen LogP contribution in [0.5, 0.6) is 11.5 Å². The van der Waals surface area contributed by atoms with Gasteiger partial charge in [-0.05, 0) is 44.0 Å². The van der Waals surface area contributed by atoms with Crippen LogP contribution >= 0.6 is 0 Å². The maximum absolute atomic E-state index is 12.4. The molecule has 1 saturated heterocycles. The highest BCUT2D eigenvalue weighted by atomic mass is 19.4. The number of benzene rings is 1. The maximum atomic E-state index is 12.4. The standard InChI is InChI=1S/C20H29F3N2O3/c1-24(12-9-15-6-7-17(27-2)18(13-15)28-3)16-5-4-11-25(14-16)19(26)8-10-20(21,22)23/h6-7,13,16H,4-5,8-12,14H2,1-3H3/t16-/m0/s1. The minimum atomic E-state index is -4.29. The first kappa shape index (κ1) is 22.3. The predicted molar refractivity (Wildman–Crippen MR) is 101 cm³/mol. The molecule has 1 fully saturated rings. The Hall–Kier alpha value is -1.96. The number of likely N-dealkylation sites (tertiary alicyclic amines) is 1. The Kier molecular flexibility index (Phi) is 7.98. The largest absolute Gasteiger partial charge is 0.493 e. The number of halogens is 3. The van der Waals surface area contributed by atoms with Crippen LogP contribution in [-0.4, -0.2) is 68.8 Å². The summed E-state index contributed by atoms with van der Waals surface area (Å²) in [6, 6.07) is 5.96. The van der Waals surface area contributed by atoms with Gasteiger partial charge in [-0.3, -0.25) is 4.79 Å². The Bertz CT molecular complexity index is 652. The van der Waals surface area contributed by atoms with Crippen LogP contribution in [0.25, 0.3) is 0 Å². The lowest BCUT2D eigenvalue weighted by Crippen LogP contribution is -2.49. The van der Waals surface area contributed by atoms with E-state index in [1.165, 1.54) is 0 Å². The molecule has 0 saturated carbocycles. The molecule has 0 N–H and O–H groups in total. The molecule has 5 nitrogen and oxygen atoms in total. The lowest BCUT2D eigenvalue weighted by molar-refractivity contribution is -0.150. The molecule has 1 aliphatic heterocycles. The number of carbonyl (C=O) groups is 1. The van der Waals surface area contributed by atoms with Gasteiger partial charge in [0.1, 0.15) is 0 Å². The number of alkyl halides is 3. The molecule has 1 heterocycles. The van der Waals surface area contributed by atoms with Crippen molar-refractivity contribution in [2.75, 3.05) is 40.9 Å². The van der Waals surface area contributed by atoms with Crippen molar-refractivity contribution in [1.82, 2.24) is 9.80 Å². The van der Waals surface area contributed by atoms with Gasteiger partial charge in [-0.1, -0.05) is 6.07 Å². The molecule has 1 aliphatic rings. The number of rotatable bonds is 8. The van der Waals surface area contributed by atoms with Crippen LogP contribution < -0.4 is 9.47 Å². The topological polar surface area (TPSA) is 42.0 Å². The lowest BCUT2D eigenvalue weighted by atomic mass is 10.0. The van der Waals surface area contributed by atoms with Gasteiger partial charge < -0.3 is 19.3 Å². The van der Waals surface area contributed by atoms with Crippen molar-refractivity contribution in [1.29, 1.82) is 0 Å². The molecule has 0 radical (unpaired) electrons. The summed E-state index contributed by atoms with van der Waals surface area (Å²) in [6.07, 6.45) is -3.27. The number of hydrogen-bond acceptors (Lipinski definition) is 4. The Labute approximate surface area is 164 Å². The van der Waals surface area contributed by atoms with Crippen molar-refractivity contribution in [2.45, 2.75) is 44.3 Å². The van der Waals surface area contributed by atoms with Crippen LogP contribution in [-0.2, 0) is 11.2 Å². The zero-order valence-corrected chi connectivity index (χ0v) is 16.7. The van der Waals surface area contributed by atoms with Crippen LogP contribution in [0.3, 0.4) is 0 Å². The number of amides is 1. The van der Waals surface area contributed by atoms with E-state index in [1.54, 1.807) is 19.1 Å². The van der Waals surface area contributed by atoms with Crippen molar-refractivity contribution < 1.29 is 27.4 Å². The van der Waals surface area contributed by atoms with Gasteiger partial charge in [0.05, 0.1) is 20.6 Å². The number of likely N-dealkylation sites (N-methyl/N-ethyl adjacent to an activating group) is 1. The molecule has 0 bridgehead atoms. The molecule has 28 heavy (non-hydrogen) atoms. The van der Waals surface area contributed by atoms with Crippen molar-refractivity contribution in [3.05, 3.63) is 23.8 Å². The fourth-order valence-corrected chi connectivity index (χ4v) is 3.47. The van der Waals surface area contributed by atoms with Gasteiger partial charge in [0, 0.05) is 32.1 Å². The second kappa shape index (κ2) is 10.0. The Morgan fingerprint density at radius 3 is 2.61 bits per heavy atom. The summed E-state index contributed by atoms with van der Waals surface area (Å²) < 4.78 is 47.6. The average Bonchev–Trinajstić information content (AvgIpc) is 2.69. The Morgan fingerprint density at radius 1 is 1.25 bits per heavy atom. The molecule has 1 atom stereocenters. The monoisotopic (exact) mass is 402 g/mol. The van der Waals surface area contributed by atoms with E-state index < -0.39 is 24.9 Å². The zero-order valence-electron chi connectivity index (χ0n) is 16.7. The normalized spacial score (nSPS) is 17.7. The molecule has 1 aromatic carbocycles. The number of ether oxygens (including phenoxy) is 2. The smallest absolute Gasteiger partial charge is 0.389 e. The van der Waals surface area contributed by atoms with Crippen LogP contribution in [0.15, 0.2) is 18.2 Å². The van der Waals surface area contributed by atoms with Gasteiger partial charge in [0.25, 0.3) is 0 Å². The lowest BCUT2D eigenvalue weighted by Gasteiger charge is -2.38. The summed E-state index contributed by atoms with van der Waals surface area (Å²) in [5.74, 6) is 0.956. The van der Waals surface area contributed by atoms with Crippen molar-refractivity contribution in [2.24, 2.45) is 0 Å². The molecule has 2 rings (SSSR count). The van der Waals surface area contributed by atoms with E-state index >= 15 is 0 Å². The average molecular weight is 402 g/mol.